The highest BCUT2D eigenvalue weighted by molar-refractivity contribution is 5.42. The van der Waals surface area contributed by atoms with E-state index < -0.39 is 0 Å². The summed E-state index contributed by atoms with van der Waals surface area (Å²) in [6.07, 6.45) is 1.13. The minimum Gasteiger partial charge on any atom is -0.497 e. The maximum Gasteiger partial charge on any atom is 0.119 e. The summed E-state index contributed by atoms with van der Waals surface area (Å²) in [5, 5.41) is 3.52. The molecule has 0 aliphatic heterocycles. The third kappa shape index (κ3) is 3.51. The summed E-state index contributed by atoms with van der Waals surface area (Å²) in [6, 6.07) is 6.52. The van der Waals surface area contributed by atoms with Gasteiger partial charge in [0.05, 0.1) is 32.5 Å². The number of hydrogen-bond donors (Lipinski definition) is 1. The fourth-order valence-corrected chi connectivity index (χ4v) is 2.73. The molecule has 0 heterocycles. The van der Waals surface area contributed by atoms with Crippen LogP contribution in [-0.4, -0.2) is 39.6 Å². The van der Waals surface area contributed by atoms with Gasteiger partial charge in [0.25, 0.3) is 0 Å². The quantitative estimate of drug-likeness (QED) is 0.741. The molecule has 0 aromatic heterocycles. The summed E-state index contributed by atoms with van der Waals surface area (Å²) in [6.45, 7) is 7.08. The SMILES string of the molecule is CCNC1c2cc(OC)ccc2CC1OCCOCC. The third-order valence-corrected chi connectivity index (χ3v) is 3.67. The van der Waals surface area contributed by atoms with E-state index in [-0.39, 0.29) is 12.1 Å². The van der Waals surface area contributed by atoms with Gasteiger partial charge in [-0.2, -0.15) is 0 Å². The molecule has 4 heteroatoms. The third-order valence-electron chi connectivity index (χ3n) is 3.67. The van der Waals surface area contributed by atoms with Crippen molar-refractivity contribution in [1.82, 2.24) is 5.32 Å². The van der Waals surface area contributed by atoms with E-state index in [2.05, 4.69) is 24.4 Å². The molecule has 2 atom stereocenters. The van der Waals surface area contributed by atoms with Crippen LogP contribution in [0.2, 0.25) is 0 Å². The smallest absolute Gasteiger partial charge is 0.119 e. The molecule has 112 valence electrons. The monoisotopic (exact) mass is 279 g/mol. The molecule has 0 radical (unpaired) electrons. The lowest BCUT2D eigenvalue weighted by molar-refractivity contribution is -0.00367. The van der Waals surface area contributed by atoms with E-state index in [0.717, 1.165) is 25.3 Å². The number of likely N-dealkylation sites (N-methyl/N-ethyl adjacent to an activating group) is 1. The second-order valence-corrected chi connectivity index (χ2v) is 4.91. The molecule has 0 spiro atoms. The Kier molecular flexibility index (Phi) is 5.83. The molecule has 4 nitrogen and oxygen atoms in total. The maximum absolute atomic E-state index is 6.00. The highest BCUT2D eigenvalue weighted by Crippen LogP contribution is 2.35. The molecule has 1 N–H and O–H groups in total. The molecular formula is C16H25NO3. The van der Waals surface area contributed by atoms with Gasteiger partial charge in [-0.1, -0.05) is 13.0 Å². The van der Waals surface area contributed by atoms with Crippen LogP contribution in [0.1, 0.15) is 31.0 Å². The molecular weight excluding hydrogens is 254 g/mol. The second-order valence-electron chi connectivity index (χ2n) is 4.91. The zero-order chi connectivity index (χ0) is 14.4. The Balaban J connectivity index is 2.04. The molecule has 1 aliphatic carbocycles. The van der Waals surface area contributed by atoms with E-state index in [1.54, 1.807) is 7.11 Å². The van der Waals surface area contributed by atoms with E-state index >= 15 is 0 Å². The van der Waals surface area contributed by atoms with E-state index in [1.807, 2.05) is 13.0 Å². The largest absolute Gasteiger partial charge is 0.497 e. The predicted molar refractivity (Wildman–Crippen MR) is 79.3 cm³/mol. The second kappa shape index (κ2) is 7.62. The predicted octanol–water partition coefficient (Wildman–Crippen LogP) is 2.32. The number of nitrogens with one attached hydrogen (secondary N) is 1. The van der Waals surface area contributed by atoms with Crippen molar-refractivity contribution < 1.29 is 14.2 Å². The Morgan fingerprint density at radius 2 is 2.10 bits per heavy atom. The normalized spacial score (nSPS) is 20.9. The van der Waals surface area contributed by atoms with Gasteiger partial charge in [-0.3, -0.25) is 0 Å². The van der Waals surface area contributed by atoms with Crippen LogP contribution < -0.4 is 10.1 Å². The Labute approximate surface area is 121 Å². The van der Waals surface area contributed by atoms with Gasteiger partial charge in [0.15, 0.2) is 0 Å². The van der Waals surface area contributed by atoms with Gasteiger partial charge in [0.2, 0.25) is 0 Å². The number of methoxy groups -OCH3 is 1. The fraction of sp³-hybridized carbons (Fsp3) is 0.625. The summed E-state index contributed by atoms with van der Waals surface area (Å²) < 4.78 is 16.7. The number of benzene rings is 1. The van der Waals surface area contributed by atoms with Crippen LogP contribution in [0, 0.1) is 0 Å². The van der Waals surface area contributed by atoms with E-state index in [4.69, 9.17) is 14.2 Å². The van der Waals surface area contributed by atoms with Crippen molar-refractivity contribution >= 4 is 0 Å². The van der Waals surface area contributed by atoms with Crippen LogP contribution >= 0.6 is 0 Å². The van der Waals surface area contributed by atoms with Crippen molar-refractivity contribution in [2.45, 2.75) is 32.4 Å². The van der Waals surface area contributed by atoms with Crippen molar-refractivity contribution in [1.29, 1.82) is 0 Å². The summed E-state index contributed by atoms with van der Waals surface area (Å²) in [7, 11) is 1.70. The Bertz CT molecular complexity index is 422. The van der Waals surface area contributed by atoms with Crippen LogP contribution in [0.5, 0.6) is 5.75 Å². The zero-order valence-electron chi connectivity index (χ0n) is 12.6. The van der Waals surface area contributed by atoms with Gasteiger partial charge in [-0.25, -0.2) is 0 Å². The molecule has 2 rings (SSSR count). The van der Waals surface area contributed by atoms with E-state index in [9.17, 15) is 0 Å². The van der Waals surface area contributed by atoms with E-state index in [0.29, 0.717) is 13.2 Å². The van der Waals surface area contributed by atoms with Crippen molar-refractivity contribution in [2.75, 3.05) is 33.5 Å². The highest BCUT2D eigenvalue weighted by atomic mass is 16.5. The Hall–Kier alpha value is -1.10. The zero-order valence-corrected chi connectivity index (χ0v) is 12.6. The standard InChI is InChI=1S/C16H25NO3/c1-4-17-16-14-11-13(18-3)7-6-12(14)10-15(16)20-9-8-19-5-2/h6-7,11,15-17H,4-5,8-10H2,1-3H3. The van der Waals surface area contributed by atoms with Crippen molar-refractivity contribution in [3.8, 4) is 5.75 Å². The Morgan fingerprint density at radius 3 is 2.80 bits per heavy atom. The maximum atomic E-state index is 6.00. The first-order chi connectivity index (χ1) is 9.80. The van der Waals surface area contributed by atoms with Gasteiger partial charge in [0, 0.05) is 13.0 Å². The molecule has 20 heavy (non-hydrogen) atoms. The van der Waals surface area contributed by atoms with Crippen LogP contribution in [0.25, 0.3) is 0 Å². The first-order valence-corrected chi connectivity index (χ1v) is 7.39. The molecule has 0 bridgehead atoms. The summed E-state index contributed by atoms with van der Waals surface area (Å²) in [5.74, 6) is 0.904. The lowest BCUT2D eigenvalue weighted by Crippen LogP contribution is -2.31. The molecule has 0 saturated heterocycles. The van der Waals surface area contributed by atoms with Gasteiger partial charge in [-0.15, -0.1) is 0 Å². The lowest BCUT2D eigenvalue weighted by atomic mass is 10.1. The summed E-state index contributed by atoms with van der Waals surface area (Å²) in [4.78, 5) is 0. The number of ether oxygens (including phenoxy) is 3. The minimum absolute atomic E-state index is 0.178. The average Bonchev–Trinajstić information content (AvgIpc) is 2.81. The van der Waals surface area contributed by atoms with Gasteiger partial charge < -0.3 is 19.5 Å². The van der Waals surface area contributed by atoms with Gasteiger partial charge >= 0.3 is 0 Å². The van der Waals surface area contributed by atoms with Crippen molar-refractivity contribution in [2.24, 2.45) is 0 Å². The van der Waals surface area contributed by atoms with Gasteiger partial charge in [0.1, 0.15) is 5.75 Å². The molecule has 1 aromatic carbocycles. The van der Waals surface area contributed by atoms with Crippen LogP contribution in [0.4, 0.5) is 0 Å². The Morgan fingerprint density at radius 1 is 1.25 bits per heavy atom. The first-order valence-electron chi connectivity index (χ1n) is 7.39. The number of fused-ring (bicyclic) bond motifs is 1. The molecule has 1 aromatic rings. The van der Waals surface area contributed by atoms with E-state index in [1.165, 1.54) is 11.1 Å². The first kappa shape index (κ1) is 15.3. The topological polar surface area (TPSA) is 39.7 Å². The lowest BCUT2D eigenvalue weighted by Gasteiger charge is -2.22. The molecule has 0 amide bonds. The average molecular weight is 279 g/mol. The minimum atomic E-state index is 0.178. The molecule has 0 saturated carbocycles. The van der Waals surface area contributed by atoms with Crippen LogP contribution in [0.15, 0.2) is 18.2 Å². The number of rotatable bonds is 8. The molecule has 2 unspecified atom stereocenters. The number of hydrogen-bond acceptors (Lipinski definition) is 4. The van der Waals surface area contributed by atoms with Crippen molar-refractivity contribution in [3.63, 3.8) is 0 Å². The molecule has 0 fully saturated rings. The van der Waals surface area contributed by atoms with Crippen LogP contribution in [0.3, 0.4) is 0 Å². The fourth-order valence-electron chi connectivity index (χ4n) is 2.73. The van der Waals surface area contributed by atoms with Gasteiger partial charge in [-0.05, 0) is 36.7 Å². The summed E-state index contributed by atoms with van der Waals surface area (Å²) >= 11 is 0. The highest BCUT2D eigenvalue weighted by Gasteiger charge is 2.32. The molecule has 1 aliphatic rings. The summed E-state index contributed by atoms with van der Waals surface area (Å²) in [5.41, 5.74) is 2.64. The van der Waals surface area contributed by atoms with Crippen molar-refractivity contribution in [3.05, 3.63) is 29.3 Å². The van der Waals surface area contributed by atoms with Crippen LogP contribution in [-0.2, 0) is 15.9 Å².